The molecule has 9 nitrogen and oxygen atoms in total. The van der Waals surface area contributed by atoms with Crippen LogP contribution in [0.3, 0.4) is 0 Å². The summed E-state index contributed by atoms with van der Waals surface area (Å²) in [7, 11) is -2.11. The summed E-state index contributed by atoms with van der Waals surface area (Å²) in [6, 6.07) is 14.6. The monoisotopic (exact) mass is 430 g/mol. The lowest BCUT2D eigenvalue weighted by Gasteiger charge is -2.28. The molecule has 0 aliphatic rings. The maximum Gasteiger partial charge on any atom is 0.246 e. The molecule has 1 aromatic heterocycles. The SMILES string of the molecule is COc1cccc(-c2noc(CNC(=O)[C@H](C)N(c3ccccc3)S(C)(=O)=O)n2)c1. The molecule has 2 aromatic carbocycles. The summed E-state index contributed by atoms with van der Waals surface area (Å²) in [6.07, 6.45) is 1.06. The fraction of sp³-hybridized carbons (Fsp3) is 0.250. The van der Waals surface area contributed by atoms with Crippen LogP contribution < -0.4 is 14.4 Å². The predicted molar refractivity (Wildman–Crippen MR) is 111 cm³/mol. The highest BCUT2D eigenvalue weighted by molar-refractivity contribution is 7.92. The van der Waals surface area contributed by atoms with E-state index in [0.29, 0.717) is 22.8 Å². The van der Waals surface area contributed by atoms with E-state index < -0.39 is 22.0 Å². The van der Waals surface area contributed by atoms with Crippen molar-refractivity contribution < 1.29 is 22.5 Å². The number of carbonyl (C=O) groups is 1. The second-order valence-electron chi connectivity index (χ2n) is 6.53. The fourth-order valence-electron chi connectivity index (χ4n) is 2.90. The number of anilines is 1. The van der Waals surface area contributed by atoms with Crippen LogP contribution in [0.25, 0.3) is 11.4 Å². The maximum absolute atomic E-state index is 12.6. The molecule has 1 N–H and O–H groups in total. The van der Waals surface area contributed by atoms with Gasteiger partial charge in [-0.25, -0.2) is 8.42 Å². The average Bonchev–Trinajstić information content (AvgIpc) is 3.21. The van der Waals surface area contributed by atoms with Crippen molar-refractivity contribution in [3.8, 4) is 17.1 Å². The molecule has 0 saturated carbocycles. The number of nitrogens with one attached hydrogen (secondary N) is 1. The van der Waals surface area contributed by atoms with Crippen molar-refractivity contribution in [1.82, 2.24) is 15.5 Å². The number of amides is 1. The van der Waals surface area contributed by atoms with Crippen LogP contribution in [-0.4, -0.2) is 43.9 Å². The molecule has 0 fully saturated rings. The Hall–Kier alpha value is -3.40. The van der Waals surface area contributed by atoms with E-state index in [4.69, 9.17) is 9.26 Å². The Kier molecular flexibility index (Phi) is 6.36. The van der Waals surface area contributed by atoms with Gasteiger partial charge in [-0.1, -0.05) is 35.5 Å². The van der Waals surface area contributed by atoms with Crippen LogP contribution in [0.5, 0.6) is 5.75 Å². The third-order valence-corrected chi connectivity index (χ3v) is 5.55. The molecule has 3 aromatic rings. The van der Waals surface area contributed by atoms with E-state index in [-0.39, 0.29) is 12.4 Å². The molecule has 3 rings (SSSR count). The number of aromatic nitrogens is 2. The van der Waals surface area contributed by atoms with Gasteiger partial charge in [0.2, 0.25) is 27.6 Å². The lowest BCUT2D eigenvalue weighted by atomic mass is 10.2. The highest BCUT2D eigenvalue weighted by Gasteiger charge is 2.29. The van der Waals surface area contributed by atoms with Crippen LogP contribution in [0.1, 0.15) is 12.8 Å². The predicted octanol–water partition coefficient (Wildman–Crippen LogP) is 2.22. The molecule has 1 atom stereocenters. The Bertz CT molecular complexity index is 1110. The molecular formula is C20H22N4O5S. The summed E-state index contributed by atoms with van der Waals surface area (Å²) in [5, 5.41) is 6.55. The van der Waals surface area contributed by atoms with E-state index in [9.17, 15) is 13.2 Å². The molecule has 1 heterocycles. The van der Waals surface area contributed by atoms with Crippen molar-refractivity contribution in [2.45, 2.75) is 19.5 Å². The number of sulfonamides is 1. The zero-order valence-corrected chi connectivity index (χ0v) is 17.6. The summed E-state index contributed by atoms with van der Waals surface area (Å²) in [5.74, 6) is 0.709. The number of methoxy groups -OCH3 is 1. The molecule has 0 unspecified atom stereocenters. The average molecular weight is 430 g/mol. The maximum atomic E-state index is 12.6. The van der Waals surface area contributed by atoms with Gasteiger partial charge in [-0.15, -0.1) is 0 Å². The second-order valence-corrected chi connectivity index (χ2v) is 8.39. The van der Waals surface area contributed by atoms with Crippen LogP contribution in [0.2, 0.25) is 0 Å². The summed E-state index contributed by atoms with van der Waals surface area (Å²) in [5.41, 5.74) is 1.11. The van der Waals surface area contributed by atoms with Gasteiger partial charge < -0.3 is 14.6 Å². The largest absolute Gasteiger partial charge is 0.497 e. The third kappa shape index (κ3) is 4.95. The molecule has 0 saturated heterocycles. The summed E-state index contributed by atoms with van der Waals surface area (Å²) in [6.45, 7) is 1.48. The van der Waals surface area contributed by atoms with Crippen LogP contribution in [0, 0.1) is 0 Å². The molecule has 158 valence electrons. The number of benzene rings is 2. The Morgan fingerprint density at radius 1 is 1.20 bits per heavy atom. The minimum Gasteiger partial charge on any atom is -0.497 e. The van der Waals surface area contributed by atoms with Crippen molar-refractivity contribution in [1.29, 1.82) is 0 Å². The van der Waals surface area contributed by atoms with Crippen LogP contribution in [0.15, 0.2) is 59.1 Å². The van der Waals surface area contributed by atoms with Crippen molar-refractivity contribution in [2.75, 3.05) is 17.7 Å². The van der Waals surface area contributed by atoms with Crippen LogP contribution in [0.4, 0.5) is 5.69 Å². The quantitative estimate of drug-likeness (QED) is 0.583. The third-order valence-electron chi connectivity index (χ3n) is 4.31. The lowest BCUT2D eigenvalue weighted by molar-refractivity contribution is -0.122. The Balaban J connectivity index is 1.69. The van der Waals surface area contributed by atoms with E-state index >= 15 is 0 Å². The molecule has 0 aliphatic carbocycles. The topological polar surface area (TPSA) is 115 Å². The van der Waals surface area contributed by atoms with E-state index in [1.54, 1.807) is 55.6 Å². The Morgan fingerprint density at radius 2 is 1.93 bits per heavy atom. The number of rotatable bonds is 8. The summed E-state index contributed by atoms with van der Waals surface area (Å²) >= 11 is 0. The standard InChI is InChI=1S/C20H22N4O5S/c1-14(24(30(3,26)27)16-9-5-4-6-10-16)20(25)21-13-18-22-19(23-29-18)15-8-7-11-17(12-15)28-2/h4-12,14H,13H2,1-3H3,(H,21,25)/t14-/m0/s1. The molecule has 30 heavy (non-hydrogen) atoms. The molecular weight excluding hydrogens is 408 g/mol. The van der Waals surface area contributed by atoms with Gasteiger partial charge in [-0.3, -0.25) is 9.10 Å². The number of hydrogen-bond donors (Lipinski definition) is 1. The van der Waals surface area contributed by atoms with Crippen molar-refractivity contribution in [3.05, 3.63) is 60.5 Å². The molecule has 0 radical (unpaired) electrons. The number of para-hydroxylation sites is 1. The van der Waals surface area contributed by atoms with E-state index in [0.717, 1.165) is 10.6 Å². The van der Waals surface area contributed by atoms with Gasteiger partial charge in [0.25, 0.3) is 0 Å². The normalized spacial score (nSPS) is 12.2. The first-order valence-electron chi connectivity index (χ1n) is 9.09. The van der Waals surface area contributed by atoms with Crippen molar-refractivity contribution in [3.63, 3.8) is 0 Å². The van der Waals surface area contributed by atoms with Gasteiger partial charge in [-0.05, 0) is 31.2 Å². The second kappa shape index (κ2) is 8.95. The molecule has 1 amide bonds. The Morgan fingerprint density at radius 3 is 2.60 bits per heavy atom. The number of nitrogens with zero attached hydrogens (tertiary/aromatic N) is 3. The van der Waals surface area contributed by atoms with Crippen LogP contribution >= 0.6 is 0 Å². The van der Waals surface area contributed by atoms with Gasteiger partial charge in [0.1, 0.15) is 11.8 Å². The fourth-order valence-corrected chi connectivity index (χ4v) is 4.08. The molecule has 0 aliphatic heterocycles. The van der Waals surface area contributed by atoms with Crippen molar-refractivity contribution in [2.24, 2.45) is 0 Å². The van der Waals surface area contributed by atoms with Gasteiger partial charge in [-0.2, -0.15) is 4.98 Å². The first-order valence-corrected chi connectivity index (χ1v) is 10.9. The zero-order chi connectivity index (χ0) is 21.7. The van der Waals surface area contributed by atoms with E-state index in [1.807, 2.05) is 6.07 Å². The minimum absolute atomic E-state index is 0.0352. The summed E-state index contributed by atoms with van der Waals surface area (Å²) in [4.78, 5) is 16.9. The minimum atomic E-state index is -3.67. The van der Waals surface area contributed by atoms with E-state index in [1.165, 1.54) is 6.92 Å². The lowest BCUT2D eigenvalue weighted by Crippen LogP contribution is -2.47. The first kappa shape index (κ1) is 21.3. The summed E-state index contributed by atoms with van der Waals surface area (Å²) < 4.78 is 36.0. The number of hydrogen-bond acceptors (Lipinski definition) is 7. The zero-order valence-electron chi connectivity index (χ0n) is 16.8. The van der Waals surface area contributed by atoms with Crippen molar-refractivity contribution >= 4 is 21.6 Å². The Labute approximate surface area is 174 Å². The highest BCUT2D eigenvalue weighted by Crippen LogP contribution is 2.22. The number of carbonyl (C=O) groups excluding carboxylic acids is 1. The first-order chi connectivity index (χ1) is 14.3. The van der Waals surface area contributed by atoms with Crippen LogP contribution in [-0.2, 0) is 21.4 Å². The highest BCUT2D eigenvalue weighted by atomic mass is 32.2. The number of ether oxygens (including phenoxy) is 1. The van der Waals surface area contributed by atoms with Gasteiger partial charge in [0.05, 0.1) is 25.6 Å². The van der Waals surface area contributed by atoms with E-state index in [2.05, 4.69) is 15.5 Å². The smallest absolute Gasteiger partial charge is 0.246 e. The van der Waals surface area contributed by atoms with Gasteiger partial charge in [0, 0.05) is 5.56 Å². The molecule has 0 spiro atoms. The molecule has 0 bridgehead atoms. The van der Waals surface area contributed by atoms with Gasteiger partial charge in [0.15, 0.2) is 0 Å². The molecule has 10 heteroatoms. The van der Waals surface area contributed by atoms with Gasteiger partial charge >= 0.3 is 0 Å².